The highest BCUT2D eigenvalue weighted by Crippen LogP contribution is 2.33. The van der Waals surface area contributed by atoms with Crippen molar-refractivity contribution in [3.63, 3.8) is 0 Å². The minimum absolute atomic E-state index is 0. The molecule has 2 atom stereocenters. The van der Waals surface area contributed by atoms with Gasteiger partial charge in [0.2, 0.25) is 11.8 Å². The first-order valence-electron chi connectivity index (χ1n) is 8.83. The summed E-state index contributed by atoms with van der Waals surface area (Å²) in [6.07, 6.45) is 5.12. The minimum atomic E-state index is -0.266. The molecule has 0 aromatic carbocycles. The molecule has 3 aliphatic rings. The van der Waals surface area contributed by atoms with Crippen molar-refractivity contribution in [2.24, 2.45) is 17.1 Å². The number of nitrogens with two attached hydrogens (primary N) is 1. The first-order valence-corrected chi connectivity index (χ1v) is 9.98. The molecule has 24 heavy (non-hydrogen) atoms. The number of hydrogen-bond donors (Lipinski definition) is 1. The normalized spacial score (nSPS) is 30.3. The molecule has 5 nitrogen and oxygen atoms in total. The molecule has 1 aliphatic carbocycles. The highest BCUT2D eigenvalue weighted by molar-refractivity contribution is 7.99. The SMILES string of the molecule is CC1(C)CN(C(=O)C2CSCN2C(=O)C2CCCC2)CCC1N.Cl. The van der Waals surface area contributed by atoms with E-state index in [2.05, 4.69) is 13.8 Å². The summed E-state index contributed by atoms with van der Waals surface area (Å²) in [5.74, 6) is 1.89. The fraction of sp³-hybridized carbons (Fsp3) is 0.882. The number of carbonyl (C=O) groups excluding carboxylic acids is 2. The fourth-order valence-electron chi connectivity index (χ4n) is 4.04. The second kappa shape index (κ2) is 7.83. The summed E-state index contributed by atoms with van der Waals surface area (Å²) in [4.78, 5) is 29.5. The first kappa shape index (κ1) is 19.9. The van der Waals surface area contributed by atoms with Gasteiger partial charge in [-0.2, -0.15) is 0 Å². The summed E-state index contributed by atoms with van der Waals surface area (Å²) in [5.41, 5.74) is 6.12. The summed E-state index contributed by atoms with van der Waals surface area (Å²) < 4.78 is 0. The van der Waals surface area contributed by atoms with E-state index >= 15 is 0 Å². The lowest BCUT2D eigenvalue weighted by atomic mass is 9.79. The van der Waals surface area contributed by atoms with Crippen molar-refractivity contribution >= 4 is 36.0 Å². The minimum Gasteiger partial charge on any atom is -0.340 e. The number of nitrogens with zero attached hydrogens (tertiary/aromatic N) is 2. The van der Waals surface area contributed by atoms with Crippen LogP contribution in [-0.2, 0) is 9.59 Å². The van der Waals surface area contributed by atoms with Gasteiger partial charge in [-0.05, 0) is 24.7 Å². The highest BCUT2D eigenvalue weighted by Gasteiger charge is 2.43. The molecule has 3 fully saturated rings. The van der Waals surface area contributed by atoms with Crippen LogP contribution in [0.3, 0.4) is 0 Å². The molecular formula is C17H30ClN3O2S. The molecule has 3 rings (SSSR count). The Morgan fingerprint density at radius 1 is 1.12 bits per heavy atom. The Bertz CT molecular complexity index is 482. The van der Waals surface area contributed by atoms with Gasteiger partial charge in [0.05, 0.1) is 5.88 Å². The molecule has 2 saturated heterocycles. The number of amides is 2. The fourth-order valence-corrected chi connectivity index (χ4v) is 5.20. The smallest absolute Gasteiger partial charge is 0.246 e. The van der Waals surface area contributed by atoms with E-state index < -0.39 is 0 Å². The van der Waals surface area contributed by atoms with Gasteiger partial charge in [-0.1, -0.05) is 26.7 Å². The van der Waals surface area contributed by atoms with Crippen LogP contribution in [0.4, 0.5) is 0 Å². The Balaban J connectivity index is 0.00000208. The van der Waals surface area contributed by atoms with Crippen LogP contribution in [0.1, 0.15) is 46.0 Å². The topological polar surface area (TPSA) is 66.6 Å². The maximum absolute atomic E-state index is 13.0. The number of likely N-dealkylation sites (tertiary alicyclic amines) is 1. The van der Waals surface area contributed by atoms with Gasteiger partial charge in [-0.25, -0.2) is 0 Å². The van der Waals surface area contributed by atoms with E-state index in [4.69, 9.17) is 5.73 Å². The Hall–Kier alpha value is -0.460. The van der Waals surface area contributed by atoms with Crippen molar-refractivity contribution in [1.29, 1.82) is 0 Å². The van der Waals surface area contributed by atoms with Gasteiger partial charge in [-0.15, -0.1) is 24.2 Å². The molecular weight excluding hydrogens is 346 g/mol. The molecule has 2 aliphatic heterocycles. The van der Waals surface area contributed by atoms with Crippen LogP contribution in [0.5, 0.6) is 0 Å². The molecule has 1 saturated carbocycles. The Morgan fingerprint density at radius 2 is 1.79 bits per heavy atom. The number of thioether (sulfide) groups is 1. The van der Waals surface area contributed by atoms with E-state index in [1.165, 1.54) is 0 Å². The van der Waals surface area contributed by atoms with E-state index in [0.29, 0.717) is 12.4 Å². The quantitative estimate of drug-likeness (QED) is 0.802. The monoisotopic (exact) mass is 375 g/mol. The Labute approximate surface area is 155 Å². The lowest BCUT2D eigenvalue weighted by molar-refractivity contribution is -0.147. The zero-order valence-electron chi connectivity index (χ0n) is 14.7. The molecule has 0 spiro atoms. The molecule has 2 unspecified atom stereocenters. The lowest BCUT2D eigenvalue weighted by Crippen LogP contribution is -2.58. The van der Waals surface area contributed by atoms with E-state index in [1.54, 1.807) is 11.8 Å². The largest absolute Gasteiger partial charge is 0.340 e. The van der Waals surface area contributed by atoms with Gasteiger partial charge >= 0.3 is 0 Å². The molecule has 2 N–H and O–H groups in total. The average Bonchev–Trinajstić information content (AvgIpc) is 3.19. The molecule has 7 heteroatoms. The van der Waals surface area contributed by atoms with Crippen molar-refractivity contribution < 1.29 is 9.59 Å². The van der Waals surface area contributed by atoms with Gasteiger partial charge in [0, 0.05) is 30.8 Å². The van der Waals surface area contributed by atoms with Gasteiger partial charge < -0.3 is 15.5 Å². The molecule has 138 valence electrons. The van der Waals surface area contributed by atoms with Gasteiger partial charge in [0.1, 0.15) is 6.04 Å². The molecule has 2 heterocycles. The molecule has 0 radical (unpaired) electrons. The third kappa shape index (κ3) is 3.86. The van der Waals surface area contributed by atoms with Crippen LogP contribution >= 0.6 is 24.2 Å². The van der Waals surface area contributed by atoms with Crippen LogP contribution in [0, 0.1) is 11.3 Å². The van der Waals surface area contributed by atoms with E-state index in [1.807, 2.05) is 9.80 Å². The second-order valence-electron chi connectivity index (χ2n) is 7.95. The number of piperidine rings is 1. The van der Waals surface area contributed by atoms with Gasteiger partial charge in [-0.3, -0.25) is 9.59 Å². The van der Waals surface area contributed by atoms with E-state index in [0.717, 1.165) is 44.4 Å². The summed E-state index contributed by atoms with van der Waals surface area (Å²) in [5, 5.41) is 0. The third-order valence-corrected chi connectivity index (χ3v) is 6.79. The molecule has 0 aromatic heterocycles. The summed E-state index contributed by atoms with van der Waals surface area (Å²) >= 11 is 1.70. The zero-order valence-corrected chi connectivity index (χ0v) is 16.3. The molecule has 0 bridgehead atoms. The van der Waals surface area contributed by atoms with Gasteiger partial charge in [0.25, 0.3) is 0 Å². The number of carbonyl (C=O) groups is 2. The maximum Gasteiger partial charge on any atom is 0.246 e. The first-order chi connectivity index (χ1) is 10.9. The summed E-state index contributed by atoms with van der Waals surface area (Å²) in [6, 6.07) is -0.126. The van der Waals surface area contributed by atoms with Crippen LogP contribution in [0.2, 0.25) is 0 Å². The summed E-state index contributed by atoms with van der Waals surface area (Å²) in [7, 11) is 0. The van der Waals surface area contributed by atoms with Crippen molar-refractivity contribution in [2.45, 2.75) is 58.0 Å². The van der Waals surface area contributed by atoms with Crippen molar-refractivity contribution in [3.8, 4) is 0 Å². The van der Waals surface area contributed by atoms with Crippen LogP contribution in [0.15, 0.2) is 0 Å². The zero-order chi connectivity index (χ0) is 16.6. The Kier molecular flexibility index (Phi) is 6.48. The van der Waals surface area contributed by atoms with Gasteiger partial charge in [0.15, 0.2) is 0 Å². The van der Waals surface area contributed by atoms with E-state index in [9.17, 15) is 9.59 Å². The number of hydrogen-bond acceptors (Lipinski definition) is 4. The van der Waals surface area contributed by atoms with Crippen molar-refractivity contribution in [1.82, 2.24) is 9.80 Å². The Morgan fingerprint density at radius 3 is 2.42 bits per heavy atom. The standard InChI is InChI=1S/C17H29N3O2S.ClH/c1-17(2)10-19(8-7-14(17)18)16(22)13-9-23-11-20(13)15(21)12-5-3-4-6-12;/h12-14H,3-11,18H2,1-2H3;1H. The van der Waals surface area contributed by atoms with Crippen LogP contribution in [-0.4, -0.2) is 58.4 Å². The number of rotatable bonds is 2. The molecule has 0 aromatic rings. The van der Waals surface area contributed by atoms with Crippen LogP contribution in [0.25, 0.3) is 0 Å². The van der Waals surface area contributed by atoms with Crippen molar-refractivity contribution in [2.75, 3.05) is 24.7 Å². The highest BCUT2D eigenvalue weighted by atomic mass is 35.5. The lowest BCUT2D eigenvalue weighted by Gasteiger charge is -2.44. The predicted molar refractivity (Wildman–Crippen MR) is 100 cm³/mol. The third-order valence-electron chi connectivity index (χ3n) is 5.78. The average molecular weight is 376 g/mol. The van der Waals surface area contributed by atoms with Crippen LogP contribution < -0.4 is 5.73 Å². The summed E-state index contributed by atoms with van der Waals surface area (Å²) in [6.45, 7) is 5.67. The predicted octanol–water partition coefficient (Wildman–Crippen LogP) is 2.09. The van der Waals surface area contributed by atoms with Crippen molar-refractivity contribution in [3.05, 3.63) is 0 Å². The molecule has 2 amide bonds. The maximum atomic E-state index is 13.0. The second-order valence-corrected chi connectivity index (χ2v) is 8.95. The number of halogens is 1. The van der Waals surface area contributed by atoms with E-state index in [-0.39, 0.29) is 47.6 Å².